The van der Waals surface area contributed by atoms with Gasteiger partial charge in [0.2, 0.25) is 0 Å². The van der Waals surface area contributed by atoms with Crippen LogP contribution in [0, 0.1) is 9.87 Å². The molecular weight excluding hydrogens is 278 g/mol. The number of nitrogens with zero attached hydrogens (tertiary/aromatic N) is 1. The Morgan fingerprint density at radius 3 is 2.95 bits per heavy atom. The molecule has 3 nitrogen and oxygen atoms in total. The summed E-state index contributed by atoms with van der Waals surface area (Å²) < 4.78 is 9.29. The van der Waals surface area contributed by atoms with Crippen molar-refractivity contribution in [2.45, 2.75) is 26.8 Å². The Morgan fingerprint density at radius 1 is 1.47 bits per heavy atom. The molecule has 0 saturated heterocycles. The summed E-state index contributed by atoms with van der Waals surface area (Å²) in [4.78, 5) is 11.6. The molecule has 0 radical (unpaired) electrons. The number of para-hydroxylation sites is 1. The van der Waals surface area contributed by atoms with Gasteiger partial charge in [-0.3, -0.25) is 4.79 Å². The Morgan fingerprint density at radius 2 is 2.21 bits per heavy atom. The van der Waals surface area contributed by atoms with Crippen LogP contribution in [0.5, 0.6) is 0 Å². The van der Waals surface area contributed by atoms with E-state index in [-0.39, 0.29) is 11.9 Å². The first-order valence-electron chi connectivity index (χ1n) is 6.38. The zero-order valence-corrected chi connectivity index (χ0v) is 12.7. The minimum atomic E-state index is -0.131. The van der Waals surface area contributed by atoms with Crippen LogP contribution in [0.3, 0.4) is 0 Å². The lowest BCUT2D eigenvalue weighted by Gasteiger charge is -2.10. The highest BCUT2D eigenvalue weighted by Crippen LogP contribution is 2.22. The molecule has 0 aliphatic heterocycles. The molecule has 0 spiro atoms. The van der Waals surface area contributed by atoms with E-state index >= 15 is 0 Å². The Bertz CT molecular complexity index is 630. The van der Waals surface area contributed by atoms with Crippen molar-refractivity contribution in [1.82, 2.24) is 4.57 Å². The van der Waals surface area contributed by atoms with E-state index in [1.54, 1.807) is 11.3 Å². The van der Waals surface area contributed by atoms with Crippen LogP contribution >= 0.6 is 23.6 Å². The maximum atomic E-state index is 11.6. The number of thiazole rings is 1. The largest absolute Gasteiger partial charge is 0.464 e. The molecule has 0 bridgehead atoms. The molecule has 2 aromatic rings. The summed E-state index contributed by atoms with van der Waals surface area (Å²) in [5.74, 6) is -0.166. The number of rotatable bonds is 5. The SMILES string of the molecule is CCC(C)C(=O)OCCn1c(=S)sc2ccccc21. The van der Waals surface area contributed by atoms with Gasteiger partial charge in [-0.15, -0.1) is 11.3 Å². The van der Waals surface area contributed by atoms with E-state index in [0.29, 0.717) is 13.2 Å². The fourth-order valence-corrected chi connectivity index (χ4v) is 3.15. The highest BCUT2D eigenvalue weighted by atomic mass is 32.1. The maximum absolute atomic E-state index is 11.6. The minimum Gasteiger partial charge on any atom is -0.464 e. The maximum Gasteiger partial charge on any atom is 0.308 e. The van der Waals surface area contributed by atoms with Crippen LogP contribution in [0.1, 0.15) is 20.3 Å². The Balaban J connectivity index is 2.04. The molecule has 0 aliphatic rings. The molecule has 5 heteroatoms. The fraction of sp³-hybridized carbons (Fsp3) is 0.429. The topological polar surface area (TPSA) is 31.2 Å². The van der Waals surface area contributed by atoms with Gasteiger partial charge in [-0.05, 0) is 30.8 Å². The van der Waals surface area contributed by atoms with Gasteiger partial charge in [0.05, 0.1) is 22.7 Å². The molecule has 1 aromatic heterocycles. The molecule has 102 valence electrons. The van der Waals surface area contributed by atoms with E-state index in [1.807, 2.05) is 36.6 Å². The second-order valence-corrected chi connectivity index (χ2v) is 6.14. The van der Waals surface area contributed by atoms with Crippen LogP contribution < -0.4 is 0 Å². The van der Waals surface area contributed by atoms with Crippen LogP contribution in [-0.4, -0.2) is 17.1 Å². The standard InChI is InChI=1S/C14H17NO2S2/c1-3-10(2)13(16)17-9-8-15-11-6-4-5-7-12(11)19-14(15)18/h4-7,10H,3,8-9H2,1-2H3. The van der Waals surface area contributed by atoms with Crippen molar-refractivity contribution in [3.05, 3.63) is 28.2 Å². The molecule has 1 heterocycles. The lowest BCUT2D eigenvalue weighted by molar-refractivity contribution is -0.148. The molecule has 0 saturated carbocycles. The molecule has 1 unspecified atom stereocenters. The molecule has 0 amide bonds. The van der Waals surface area contributed by atoms with E-state index < -0.39 is 0 Å². The number of esters is 1. The van der Waals surface area contributed by atoms with Crippen LogP contribution in [0.4, 0.5) is 0 Å². The highest BCUT2D eigenvalue weighted by molar-refractivity contribution is 7.73. The highest BCUT2D eigenvalue weighted by Gasteiger charge is 2.12. The van der Waals surface area contributed by atoms with Crippen LogP contribution in [0.2, 0.25) is 0 Å². The minimum absolute atomic E-state index is 0.0350. The van der Waals surface area contributed by atoms with Crippen molar-refractivity contribution >= 4 is 39.7 Å². The zero-order valence-electron chi connectivity index (χ0n) is 11.1. The molecule has 0 aliphatic carbocycles. The smallest absolute Gasteiger partial charge is 0.308 e. The summed E-state index contributed by atoms with van der Waals surface area (Å²) in [6.45, 7) is 4.85. The molecule has 0 fully saturated rings. The number of carbonyl (C=O) groups is 1. The van der Waals surface area contributed by atoms with Crippen LogP contribution in [-0.2, 0) is 16.1 Å². The van der Waals surface area contributed by atoms with E-state index in [9.17, 15) is 4.79 Å². The third-order valence-corrected chi connectivity index (χ3v) is 4.58. The molecular formula is C14H17NO2S2. The van der Waals surface area contributed by atoms with E-state index in [0.717, 1.165) is 15.9 Å². The summed E-state index contributed by atoms with van der Waals surface area (Å²) >= 11 is 6.93. The van der Waals surface area contributed by atoms with Crippen molar-refractivity contribution in [2.24, 2.45) is 5.92 Å². The average Bonchev–Trinajstić information content (AvgIpc) is 2.74. The number of carbonyl (C=O) groups excluding carboxylic acids is 1. The van der Waals surface area contributed by atoms with Gasteiger partial charge in [0.15, 0.2) is 3.95 Å². The van der Waals surface area contributed by atoms with Crippen LogP contribution in [0.25, 0.3) is 10.2 Å². The molecule has 1 atom stereocenters. The molecule has 1 aromatic carbocycles. The summed E-state index contributed by atoms with van der Waals surface area (Å²) in [6.07, 6.45) is 0.805. The van der Waals surface area contributed by atoms with Gasteiger partial charge >= 0.3 is 5.97 Å². The number of ether oxygens (including phenoxy) is 1. The fourth-order valence-electron chi connectivity index (χ4n) is 1.77. The first-order chi connectivity index (χ1) is 9.13. The van der Waals surface area contributed by atoms with Gasteiger partial charge < -0.3 is 9.30 Å². The second kappa shape index (κ2) is 6.30. The predicted molar refractivity (Wildman–Crippen MR) is 81.1 cm³/mol. The summed E-state index contributed by atoms with van der Waals surface area (Å²) in [5, 5.41) is 0. The Labute approximate surface area is 121 Å². The van der Waals surface area contributed by atoms with Crippen LogP contribution in [0.15, 0.2) is 24.3 Å². The number of hydrogen-bond donors (Lipinski definition) is 0. The first-order valence-corrected chi connectivity index (χ1v) is 7.61. The quantitative estimate of drug-likeness (QED) is 0.616. The van der Waals surface area contributed by atoms with Crippen molar-refractivity contribution in [1.29, 1.82) is 0 Å². The predicted octanol–water partition coefficient (Wildman–Crippen LogP) is 4.02. The van der Waals surface area contributed by atoms with E-state index in [2.05, 4.69) is 6.07 Å². The van der Waals surface area contributed by atoms with Gasteiger partial charge in [-0.25, -0.2) is 0 Å². The van der Waals surface area contributed by atoms with Crippen molar-refractivity contribution in [3.63, 3.8) is 0 Å². The lowest BCUT2D eigenvalue weighted by atomic mass is 10.1. The summed E-state index contributed by atoms with van der Waals surface area (Å²) in [5.41, 5.74) is 1.11. The van der Waals surface area contributed by atoms with Crippen molar-refractivity contribution in [3.8, 4) is 0 Å². The average molecular weight is 295 g/mol. The monoisotopic (exact) mass is 295 g/mol. The molecule has 19 heavy (non-hydrogen) atoms. The number of fused-ring (bicyclic) bond motifs is 1. The Kier molecular flexibility index (Phi) is 4.71. The third kappa shape index (κ3) is 3.22. The van der Waals surface area contributed by atoms with Gasteiger partial charge in [0.25, 0.3) is 0 Å². The van der Waals surface area contributed by atoms with Gasteiger partial charge in [0.1, 0.15) is 6.61 Å². The number of hydrogen-bond acceptors (Lipinski definition) is 4. The van der Waals surface area contributed by atoms with Gasteiger partial charge in [-0.1, -0.05) is 26.0 Å². The van der Waals surface area contributed by atoms with E-state index in [1.165, 1.54) is 4.70 Å². The summed E-state index contributed by atoms with van der Waals surface area (Å²) in [7, 11) is 0. The summed E-state index contributed by atoms with van der Waals surface area (Å²) in [6, 6.07) is 8.09. The Hall–Kier alpha value is -1.20. The number of aromatic nitrogens is 1. The third-order valence-electron chi connectivity index (χ3n) is 3.15. The zero-order chi connectivity index (χ0) is 13.8. The van der Waals surface area contributed by atoms with Crippen molar-refractivity contribution in [2.75, 3.05) is 6.61 Å². The second-order valence-electron chi connectivity index (χ2n) is 4.46. The van der Waals surface area contributed by atoms with E-state index in [4.69, 9.17) is 17.0 Å². The van der Waals surface area contributed by atoms with Gasteiger partial charge in [-0.2, -0.15) is 0 Å². The first kappa shape index (κ1) is 14.2. The lowest BCUT2D eigenvalue weighted by Crippen LogP contribution is -2.17. The van der Waals surface area contributed by atoms with Gasteiger partial charge in [0, 0.05) is 0 Å². The van der Waals surface area contributed by atoms with Crippen molar-refractivity contribution < 1.29 is 9.53 Å². The number of benzene rings is 1. The molecule has 0 N–H and O–H groups in total. The molecule has 2 rings (SSSR count). The normalized spacial score (nSPS) is 12.5.